The van der Waals surface area contributed by atoms with Gasteiger partial charge in [-0.25, -0.2) is 9.97 Å². The van der Waals surface area contributed by atoms with Crippen LogP contribution in [0.25, 0.3) is 0 Å². The molecule has 27 heavy (non-hydrogen) atoms. The first-order valence-corrected chi connectivity index (χ1v) is 10.1. The van der Waals surface area contributed by atoms with Gasteiger partial charge >= 0.3 is 0 Å². The number of hydrogen-bond donors (Lipinski definition) is 1. The molecule has 1 unspecified atom stereocenters. The van der Waals surface area contributed by atoms with Crippen LogP contribution in [0.5, 0.6) is 0 Å². The average Bonchev–Trinajstić information content (AvgIpc) is 3.37. The molecule has 0 radical (unpaired) electrons. The molecule has 0 amide bonds. The third kappa shape index (κ3) is 3.40. The number of fused-ring (bicyclic) bond motifs is 2. The largest absolute Gasteiger partial charge is 0.353 e. The van der Waals surface area contributed by atoms with Crippen molar-refractivity contribution in [3.05, 3.63) is 41.2 Å². The van der Waals surface area contributed by atoms with Crippen molar-refractivity contribution in [2.24, 2.45) is 7.05 Å². The smallest absolute Gasteiger partial charge is 0.229 e. The maximum absolute atomic E-state index is 4.74. The Kier molecular flexibility index (Phi) is 4.25. The van der Waals surface area contributed by atoms with Gasteiger partial charge in [-0.1, -0.05) is 0 Å². The van der Waals surface area contributed by atoms with Crippen molar-refractivity contribution in [2.75, 3.05) is 23.3 Å². The van der Waals surface area contributed by atoms with E-state index < -0.39 is 0 Å². The summed E-state index contributed by atoms with van der Waals surface area (Å²) in [5, 5.41) is 10.7. The fourth-order valence-corrected chi connectivity index (χ4v) is 4.75. The molecule has 0 aromatic carbocycles. The second kappa shape index (κ2) is 6.90. The Bertz CT molecular complexity index is 894. The van der Waals surface area contributed by atoms with E-state index in [1.807, 2.05) is 31.7 Å². The van der Waals surface area contributed by atoms with E-state index in [4.69, 9.17) is 4.98 Å². The molecule has 2 fully saturated rings. The molecule has 2 aliphatic heterocycles. The number of thiazole rings is 1. The number of hydrogen-bond acceptors (Lipinski definition) is 8. The topological polar surface area (TPSA) is 75.0 Å². The molecule has 9 heteroatoms. The second-order valence-electron chi connectivity index (χ2n) is 7.15. The highest BCUT2D eigenvalue weighted by Crippen LogP contribution is 2.33. The molecule has 5 heterocycles. The highest BCUT2D eigenvalue weighted by molar-refractivity contribution is 7.09. The van der Waals surface area contributed by atoms with Gasteiger partial charge in [0.15, 0.2) is 0 Å². The van der Waals surface area contributed by atoms with Crippen LogP contribution in [0.4, 0.5) is 17.5 Å². The average molecular weight is 382 g/mol. The molecule has 140 valence electrons. The van der Waals surface area contributed by atoms with Crippen molar-refractivity contribution in [2.45, 2.75) is 31.5 Å². The highest BCUT2D eigenvalue weighted by atomic mass is 32.1. The van der Waals surface area contributed by atoms with Crippen molar-refractivity contribution < 1.29 is 0 Å². The zero-order chi connectivity index (χ0) is 18.2. The molecule has 8 nitrogen and oxygen atoms in total. The summed E-state index contributed by atoms with van der Waals surface area (Å²) >= 11 is 1.75. The summed E-state index contributed by atoms with van der Waals surface area (Å²) in [6, 6.07) is 3.14. The van der Waals surface area contributed by atoms with Gasteiger partial charge in [0.25, 0.3) is 0 Å². The molecule has 2 atom stereocenters. The van der Waals surface area contributed by atoms with Crippen molar-refractivity contribution in [3.8, 4) is 0 Å². The van der Waals surface area contributed by atoms with E-state index in [-0.39, 0.29) is 0 Å². The SMILES string of the molecule is Cn1cc(Nc2nccc(N3CC4CC[C@@H](C3)N4Cc3nccs3)n2)cn1. The Morgan fingerprint density at radius 2 is 2.04 bits per heavy atom. The molecule has 2 saturated heterocycles. The van der Waals surface area contributed by atoms with E-state index in [1.54, 1.807) is 22.2 Å². The molecule has 2 aliphatic rings. The fourth-order valence-electron chi connectivity index (χ4n) is 4.12. The summed E-state index contributed by atoms with van der Waals surface area (Å²) in [4.78, 5) is 18.6. The second-order valence-corrected chi connectivity index (χ2v) is 8.13. The van der Waals surface area contributed by atoms with E-state index in [0.29, 0.717) is 18.0 Å². The molecule has 2 bridgehead atoms. The Balaban J connectivity index is 1.29. The highest BCUT2D eigenvalue weighted by Gasteiger charge is 2.40. The number of aryl methyl sites for hydroxylation is 1. The zero-order valence-corrected chi connectivity index (χ0v) is 16.0. The first kappa shape index (κ1) is 16.6. The van der Waals surface area contributed by atoms with Crippen LogP contribution in [0.15, 0.2) is 36.2 Å². The number of nitrogens with one attached hydrogen (secondary N) is 1. The number of nitrogens with zero attached hydrogens (tertiary/aromatic N) is 7. The minimum Gasteiger partial charge on any atom is -0.353 e. The molecule has 1 N–H and O–H groups in total. The van der Waals surface area contributed by atoms with Gasteiger partial charge in [-0.05, 0) is 18.9 Å². The van der Waals surface area contributed by atoms with Crippen LogP contribution in [-0.4, -0.2) is 54.8 Å². The van der Waals surface area contributed by atoms with E-state index in [1.165, 1.54) is 17.8 Å². The van der Waals surface area contributed by atoms with Crippen molar-refractivity contribution in [1.82, 2.24) is 29.6 Å². The third-order valence-corrected chi connectivity index (χ3v) is 6.12. The summed E-state index contributed by atoms with van der Waals surface area (Å²) in [5.41, 5.74) is 0.892. The lowest BCUT2D eigenvalue weighted by molar-refractivity contribution is 0.160. The molecular formula is C18H22N8S. The summed E-state index contributed by atoms with van der Waals surface area (Å²) in [6.07, 6.45) is 9.90. The number of anilines is 3. The van der Waals surface area contributed by atoms with Crippen LogP contribution in [0.3, 0.4) is 0 Å². The van der Waals surface area contributed by atoms with Gasteiger partial charge in [-0.3, -0.25) is 9.58 Å². The molecule has 3 aromatic rings. The molecular weight excluding hydrogens is 360 g/mol. The predicted molar refractivity (Wildman–Crippen MR) is 105 cm³/mol. The standard InChI is InChI=1S/C18H22N8S/c1-24-9-13(8-21-24)22-18-20-5-4-16(23-18)25-10-14-2-3-15(11-25)26(14)12-17-19-6-7-27-17/h4-9,14-15H,2-3,10-12H2,1H3,(H,20,22,23)/t14-,15?/m0/s1. The first-order valence-electron chi connectivity index (χ1n) is 9.22. The van der Waals surface area contributed by atoms with Crippen LogP contribution >= 0.6 is 11.3 Å². The summed E-state index contributed by atoms with van der Waals surface area (Å²) in [6.45, 7) is 2.98. The first-order chi connectivity index (χ1) is 13.2. The summed E-state index contributed by atoms with van der Waals surface area (Å²) in [7, 11) is 1.89. The summed E-state index contributed by atoms with van der Waals surface area (Å²) in [5.74, 6) is 1.60. The molecule has 0 spiro atoms. The lowest BCUT2D eigenvalue weighted by Crippen LogP contribution is -2.53. The van der Waals surface area contributed by atoms with Gasteiger partial charge < -0.3 is 10.2 Å². The van der Waals surface area contributed by atoms with Gasteiger partial charge in [-0.2, -0.15) is 10.1 Å². The molecule has 0 saturated carbocycles. The van der Waals surface area contributed by atoms with Crippen molar-refractivity contribution >= 4 is 28.8 Å². The lowest BCUT2D eigenvalue weighted by atomic mass is 10.2. The Hall–Kier alpha value is -2.52. The minimum atomic E-state index is 0.567. The zero-order valence-electron chi connectivity index (χ0n) is 15.2. The van der Waals surface area contributed by atoms with Crippen LogP contribution < -0.4 is 10.2 Å². The maximum atomic E-state index is 4.74. The normalized spacial score (nSPS) is 22.3. The molecule has 5 rings (SSSR count). The van der Waals surface area contributed by atoms with Gasteiger partial charge in [0.2, 0.25) is 5.95 Å². The fraction of sp³-hybridized carbons (Fsp3) is 0.444. The van der Waals surface area contributed by atoms with Gasteiger partial charge in [0.1, 0.15) is 10.8 Å². The number of aromatic nitrogens is 5. The predicted octanol–water partition coefficient (Wildman–Crippen LogP) is 2.26. The number of piperazine rings is 1. The van der Waals surface area contributed by atoms with E-state index in [0.717, 1.165) is 31.1 Å². The van der Waals surface area contributed by atoms with Crippen molar-refractivity contribution in [3.63, 3.8) is 0 Å². The third-order valence-electron chi connectivity index (χ3n) is 5.36. The monoisotopic (exact) mass is 382 g/mol. The summed E-state index contributed by atoms with van der Waals surface area (Å²) < 4.78 is 1.76. The van der Waals surface area contributed by atoms with E-state index in [2.05, 4.69) is 35.6 Å². The van der Waals surface area contributed by atoms with Crippen LogP contribution in [0.1, 0.15) is 17.8 Å². The Morgan fingerprint density at radius 1 is 1.19 bits per heavy atom. The van der Waals surface area contributed by atoms with Crippen LogP contribution in [-0.2, 0) is 13.6 Å². The molecule has 0 aliphatic carbocycles. The number of rotatable bonds is 5. The van der Waals surface area contributed by atoms with E-state index in [9.17, 15) is 0 Å². The van der Waals surface area contributed by atoms with Gasteiger partial charge in [-0.15, -0.1) is 11.3 Å². The lowest BCUT2D eigenvalue weighted by Gasteiger charge is -2.41. The Morgan fingerprint density at radius 3 is 2.74 bits per heavy atom. The molecule has 3 aromatic heterocycles. The van der Waals surface area contributed by atoms with Crippen LogP contribution in [0, 0.1) is 0 Å². The quantitative estimate of drug-likeness (QED) is 0.725. The van der Waals surface area contributed by atoms with Gasteiger partial charge in [0, 0.05) is 56.2 Å². The maximum Gasteiger partial charge on any atom is 0.229 e. The van der Waals surface area contributed by atoms with E-state index >= 15 is 0 Å². The van der Waals surface area contributed by atoms with Gasteiger partial charge in [0.05, 0.1) is 18.4 Å². The minimum absolute atomic E-state index is 0.567. The Labute approximate surface area is 161 Å². The van der Waals surface area contributed by atoms with Crippen molar-refractivity contribution in [1.29, 1.82) is 0 Å². The van der Waals surface area contributed by atoms with Crippen LogP contribution in [0.2, 0.25) is 0 Å².